The lowest BCUT2D eigenvalue weighted by atomic mass is 10.2. The van der Waals surface area contributed by atoms with Crippen LogP contribution in [0.3, 0.4) is 0 Å². The van der Waals surface area contributed by atoms with Gasteiger partial charge >= 0.3 is 0 Å². The zero-order valence-corrected chi connectivity index (χ0v) is 15.0. The molecule has 0 spiro atoms. The second-order valence-electron chi connectivity index (χ2n) is 5.66. The summed E-state index contributed by atoms with van der Waals surface area (Å²) in [6.45, 7) is 0. The number of aromatic nitrogens is 6. The molecule has 1 saturated carbocycles. The predicted octanol–water partition coefficient (Wildman–Crippen LogP) is 2.34. The van der Waals surface area contributed by atoms with Crippen LogP contribution in [0, 0.1) is 0 Å². The van der Waals surface area contributed by atoms with Crippen molar-refractivity contribution in [3.8, 4) is 11.4 Å². The lowest BCUT2D eigenvalue weighted by Crippen LogP contribution is -2.14. The van der Waals surface area contributed by atoms with Crippen molar-refractivity contribution < 1.29 is 4.79 Å². The summed E-state index contributed by atoms with van der Waals surface area (Å²) in [5.41, 5.74) is 0.933. The molecule has 0 saturated heterocycles. The van der Waals surface area contributed by atoms with Crippen molar-refractivity contribution in [1.82, 2.24) is 29.9 Å². The summed E-state index contributed by atoms with van der Waals surface area (Å²) in [6.07, 6.45) is 5.76. The van der Waals surface area contributed by atoms with Crippen molar-refractivity contribution in [3.05, 3.63) is 29.5 Å². The smallest absolute Gasteiger partial charge is 0.236 e. The molecule has 10 heteroatoms. The first-order chi connectivity index (χ1) is 12.2. The van der Waals surface area contributed by atoms with Gasteiger partial charge in [-0.05, 0) is 25.0 Å². The number of rotatable bonds is 6. The van der Waals surface area contributed by atoms with Gasteiger partial charge in [-0.3, -0.25) is 15.1 Å². The minimum absolute atomic E-state index is 0.128. The molecule has 1 aliphatic rings. The normalized spacial score (nSPS) is 13.8. The average Bonchev–Trinajstić information content (AvgIpc) is 3.27. The molecule has 3 heterocycles. The summed E-state index contributed by atoms with van der Waals surface area (Å²) in [4.78, 5) is 16.1. The molecule has 0 aromatic carbocycles. The van der Waals surface area contributed by atoms with Crippen molar-refractivity contribution in [1.29, 1.82) is 0 Å². The Labute approximate surface area is 152 Å². The SMILES string of the molecule is Cn1c(SCC(=O)Nc2nnc(C3CC3)s2)nnc1-c1ccncc1. The van der Waals surface area contributed by atoms with Crippen LogP contribution in [-0.2, 0) is 11.8 Å². The fraction of sp³-hybridized carbons (Fsp3) is 0.333. The Balaban J connectivity index is 1.36. The Morgan fingerprint density at radius 1 is 1.28 bits per heavy atom. The quantitative estimate of drug-likeness (QED) is 0.662. The molecule has 8 nitrogen and oxygen atoms in total. The van der Waals surface area contributed by atoms with Gasteiger partial charge in [0.1, 0.15) is 5.01 Å². The third-order valence-corrected chi connectivity index (χ3v) is 5.74. The number of amides is 1. The molecule has 128 valence electrons. The average molecular weight is 373 g/mol. The van der Waals surface area contributed by atoms with Gasteiger partial charge in [0.2, 0.25) is 11.0 Å². The molecule has 0 unspecified atom stereocenters. The van der Waals surface area contributed by atoms with Gasteiger partial charge in [0.15, 0.2) is 11.0 Å². The van der Waals surface area contributed by atoms with Crippen molar-refractivity contribution in [2.45, 2.75) is 23.9 Å². The maximum absolute atomic E-state index is 12.1. The Kier molecular flexibility index (Phi) is 4.45. The van der Waals surface area contributed by atoms with E-state index in [9.17, 15) is 4.79 Å². The number of hydrogen-bond acceptors (Lipinski definition) is 8. The van der Waals surface area contributed by atoms with E-state index in [0.717, 1.165) is 16.4 Å². The van der Waals surface area contributed by atoms with E-state index in [1.807, 2.05) is 23.7 Å². The van der Waals surface area contributed by atoms with Crippen molar-refractivity contribution in [2.24, 2.45) is 7.05 Å². The van der Waals surface area contributed by atoms with Crippen molar-refractivity contribution in [3.63, 3.8) is 0 Å². The maximum atomic E-state index is 12.1. The van der Waals surface area contributed by atoms with Gasteiger partial charge in [0, 0.05) is 30.9 Å². The summed E-state index contributed by atoms with van der Waals surface area (Å²) in [5, 5.41) is 21.5. The summed E-state index contributed by atoms with van der Waals surface area (Å²) in [6, 6.07) is 3.75. The maximum Gasteiger partial charge on any atom is 0.236 e. The van der Waals surface area contributed by atoms with Crippen LogP contribution in [0.2, 0.25) is 0 Å². The molecule has 1 aliphatic carbocycles. The minimum atomic E-state index is -0.128. The molecule has 1 amide bonds. The van der Waals surface area contributed by atoms with Gasteiger partial charge in [-0.1, -0.05) is 23.1 Å². The number of hydrogen-bond donors (Lipinski definition) is 1. The molecule has 0 bridgehead atoms. The highest BCUT2D eigenvalue weighted by Gasteiger charge is 2.27. The number of carbonyl (C=O) groups is 1. The molecule has 4 rings (SSSR count). The zero-order valence-electron chi connectivity index (χ0n) is 13.4. The Bertz CT molecular complexity index is 888. The summed E-state index contributed by atoms with van der Waals surface area (Å²) in [5.74, 6) is 1.39. The molecule has 0 aliphatic heterocycles. The lowest BCUT2D eigenvalue weighted by Gasteiger charge is -2.03. The highest BCUT2D eigenvalue weighted by Crippen LogP contribution is 2.42. The largest absolute Gasteiger partial charge is 0.305 e. The van der Waals surface area contributed by atoms with Crippen LogP contribution in [0.4, 0.5) is 5.13 Å². The van der Waals surface area contributed by atoms with E-state index in [4.69, 9.17) is 0 Å². The van der Waals surface area contributed by atoms with E-state index in [1.165, 1.54) is 35.9 Å². The Morgan fingerprint density at radius 2 is 2.08 bits per heavy atom. The summed E-state index contributed by atoms with van der Waals surface area (Å²) < 4.78 is 1.86. The molecule has 25 heavy (non-hydrogen) atoms. The van der Waals surface area contributed by atoms with E-state index in [-0.39, 0.29) is 11.7 Å². The number of nitrogens with one attached hydrogen (secondary N) is 1. The summed E-state index contributed by atoms with van der Waals surface area (Å²) in [7, 11) is 1.88. The number of thioether (sulfide) groups is 1. The third kappa shape index (κ3) is 3.69. The molecule has 3 aromatic rings. The van der Waals surface area contributed by atoms with Crippen LogP contribution in [-0.4, -0.2) is 41.6 Å². The topological polar surface area (TPSA) is 98.5 Å². The van der Waals surface area contributed by atoms with Gasteiger partial charge < -0.3 is 4.57 Å². The van der Waals surface area contributed by atoms with Crippen LogP contribution >= 0.6 is 23.1 Å². The zero-order chi connectivity index (χ0) is 17.2. The van der Waals surface area contributed by atoms with Gasteiger partial charge in [0.25, 0.3) is 0 Å². The van der Waals surface area contributed by atoms with E-state index < -0.39 is 0 Å². The fourth-order valence-electron chi connectivity index (χ4n) is 2.26. The van der Waals surface area contributed by atoms with E-state index in [2.05, 4.69) is 30.7 Å². The number of nitrogens with zero attached hydrogens (tertiary/aromatic N) is 6. The molecular formula is C15H15N7OS2. The Hall–Kier alpha value is -2.33. The highest BCUT2D eigenvalue weighted by atomic mass is 32.2. The van der Waals surface area contributed by atoms with Crippen molar-refractivity contribution in [2.75, 3.05) is 11.1 Å². The van der Waals surface area contributed by atoms with E-state index >= 15 is 0 Å². The summed E-state index contributed by atoms with van der Waals surface area (Å²) >= 11 is 2.79. The van der Waals surface area contributed by atoms with Crippen LogP contribution in [0.15, 0.2) is 29.7 Å². The van der Waals surface area contributed by atoms with E-state index in [0.29, 0.717) is 16.2 Å². The van der Waals surface area contributed by atoms with Gasteiger partial charge in [0.05, 0.1) is 5.75 Å². The lowest BCUT2D eigenvalue weighted by molar-refractivity contribution is -0.113. The molecular weight excluding hydrogens is 358 g/mol. The van der Waals surface area contributed by atoms with Gasteiger partial charge in [-0.2, -0.15) is 0 Å². The van der Waals surface area contributed by atoms with Crippen LogP contribution in [0.25, 0.3) is 11.4 Å². The fourth-order valence-corrected chi connectivity index (χ4v) is 3.90. The minimum Gasteiger partial charge on any atom is -0.305 e. The van der Waals surface area contributed by atoms with Gasteiger partial charge in [-0.15, -0.1) is 20.4 Å². The molecule has 1 fully saturated rings. The van der Waals surface area contributed by atoms with Crippen LogP contribution in [0.1, 0.15) is 23.8 Å². The van der Waals surface area contributed by atoms with Crippen molar-refractivity contribution >= 4 is 34.1 Å². The monoisotopic (exact) mass is 373 g/mol. The molecule has 0 radical (unpaired) electrons. The predicted molar refractivity (Wildman–Crippen MR) is 95.5 cm³/mol. The Morgan fingerprint density at radius 3 is 2.84 bits per heavy atom. The first-order valence-corrected chi connectivity index (χ1v) is 9.57. The first kappa shape index (κ1) is 16.2. The second-order valence-corrected chi connectivity index (χ2v) is 7.61. The second kappa shape index (κ2) is 6.89. The third-order valence-electron chi connectivity index (χ3n) is 3.72. The number of pyridine rings is 1. The first-order valence-electron chi connectivity index (χ1n) is 7.76. The standard InChI is InChI=1S/C15H15N7OS2/c1-22-12(9-4-6-16-7-5-9)18-21-15(22)24-8-11(23)17-14-20-19-13(25-14)10-2-3-10/h4-7,10H,2-3,8H2,1H3,(H,17,20,23). The van der Waals surface area contributed by atoms with E-state index in [1.54, 1.807) is 12.4 Å². The number of carbonyl (C=O) groups excluding carboxylic acids is 1. The molecule has 0 atom stereocenters. The number of anilines is 1. The van der Waals surface area contributed by atoms with Gasteiger partial charge in [-0.25, -0.2) is 0 Å². The van der Waals surface area contributed by atoms with Crippen LogP contribution in [0.5, 0.6) is 0 Å². The highest BCUT2D eigenvalue weighted by molar-refractivity contribution is 7.99. The molecule has 1 N–H and O–H groups in total. The van der Waals surface area contributed by atoms with Crippen LogP contribution < -0.4 is 5.32 Å². The molecule has 3 aromatic heterocycles.